The zero-order valence-corrected chi connectivity index (χ0v) is 9.64. The topological polar surface area (TPSA) is 41.8 Å². The second-order valence-electron chi connectivity index (χ2n) is 3.71. The van der Waals surface area contributed by atoms with Crippen molar-refractivity contribution in [3.8, 4) is 0 Å². The Morgan fingerprint density at radius 3 is 2.93 bits per heavy atom. The van der Waals surface area contributed by atoms with Gasteiger partial charge in [-0.05, 0) is 30.5 Å². The molecule has 0 spiro atoms. The van der Waals surface area contributed by atoms with Crippen molar-refractivity contribution in [3.05, 3.63) is 34.4 Å². The molecule has 0 radical (unpaired) electrons. The van der Waals surface area contributed by atoms with Gasteiger partial charge in [-0.2, -0.15) is 0 Å². The summed E-state index contributed by atoms with van der Waals surface area (Å²) in [6.07, 6.45) is 0.895. The lowest BCUT2D eigenvalue weighted by atomic mass is 10.2. The standard InChI is InChI=1S/C11H13BrN2/c1-7(13)4-10-5-8-2-3-9(12)6-11(8)14-10/h2-3,5-7,14H,4,13H2,1H3. The van der Waals surface area contributed by atoms with Crippen LogP contribution in [0.5, 0.6) is 0 Å². The Morgan fingerprint density at radius 2 is 2.21 bits per heavy atom. The summed E-state index contributed by atoms with van der Waals surface area (Å²) in [5, 5.41) is 1.24. The summed E-state index contributed by atoms with van der Waals surface area (Å²) < 4.78 is 1.10. The Bertz CT molecular complexity index is 445. The molecule has 0 amide bonds. The van der Waals surface area contributed by atoms with E-state index in [1.165, 1.54) is 11.1 Å². The van der Waals surface area contributed by atoms with Crippen LogP contribution in [-0.4, -0.2) is 11.0 Å². The van der Waals surface area contributed by atoms with Crippen LogP contribution in [-0.2, 0) is 6.42 Å². The van der Waals surface area contributed by atoms with Crippen molar-refractivity contribution >= 4 is 26.8 Å². The highest BCUT2D eigenvalue weighted by atomic mass is 79.9. The van der Waals surface area contributed by atoms with E-state index < -0.39 is 0 Å². The van der Waals surface area contributed by atoms with Crippen molar-refractivity contribution in [3.63, 3.8) is 0 Å². The van der Waals surface area contributed by atoms with E-state index >= 15 is 0 Å². The van der Waals surface area contributed by atoms with E-state index in [0.717, 1.165) is 16.4 Å². The van der Waals surface area contributed by atoms with E-state index in [1.54, 1.807) is 0 Å². The second kappa shape index (κ2) is 3.75. The van der Waals surface area contributed by atoms with Crippen LogP contribution in [0.1, 0.15) is 12.6 Å². The van der Waals surface area contributed by atoms with Crippen LogP contribution >= 0.6 is 15.9 Å². The highest BCUT2D eigenvalue weighted by Gasteiger charge is 2.03. The van der Waals surface area contributed by atoms with Crippen molar-refractivity contribution in [2.45, 2.75) is 19.4 Å². The van der Waals surface area contributed by atoms with E-state index in [0.29, 0.717) is 0 Å². The Hall–Kier alpha value is -0.800. The van der Waals surface area contributed by atoms with Gasteiger partial charge in [0.2, 0.25) is 0 Å². The minimum atomic E-state index is 0.200. The number of fused-ring (bicyclic) bond motifs is 1. The van der Waals surface area contributed by atoms with Gasteiger partial charge < -0.3 is 10.7 Å². The zero-order valence-electron chi connectivity index (χ0n) is 8.05. The number of hydrogen-bond donors (Lipinski definition) is 2. The Kier molecular flexibility index (Phi) is 2.61. The van der Waals surface area contributed by atoms with Crippen LogP contribution in [0.15, 0.2) is 28.7 Å². The number of nitrogens with one attached hydrogen (secondary N) is 1. The maximum atomic E-state index is 5.75. The molecule has 1 heterocycles. The summed E-state index contributed by atoms with van der Waals surface area (Å²) in [6, 6.07) is 8.59. The Morgan fingerprint density at radius 1 is 1.43 bits per heavy atom. The van der Waals surface area contributed by atoms with Crippen LogP contribution in [0, 0.1) is 0 Å². The molecular formula is C11H13BrN2. The molecule has 0 bridgehead atoms. The third kappa shape index (κ3) is 1.99. The second-order valence-corrected chi connectivity index (χ2v) is 4.62. The van der Waals surface area contributed by atoms with Gasteiger partial charge in [0, 0.05) is 28.1 Å². The minimum absolute atomic E-state index is 0.200. The van der Waals surface area contributed by atoms with Gasteiger partial charge >= 0.3 is 0 Å². The third-order valence-electron chi connectivity index (χ3n) is 2.18. The molecule has 0 aliphatic rings. The van der Waals surface area contributed by atoms with E-state index in [-0.39, 0.29) is 6.04 Å². The number of H-pyrrole nitrogens is 1. The molecule has 1 aromatic carbocycles. The summed E-state index contributed by atoms with van der Waals surface area (Å²) in [7, 11) is 0. The van der Waals surface area contributed by atoms with Gasteiger partial charge in [-0.15, -0.1) is 0 Å². The zero-order chi connectivity index (χ0) is 10.1. The van der Waals surface area contributed by atoms with Crippen molar-refractivity contribution in [2.75, 3.05) is 0 Å². The van der Waals surface area contributed by atoms with Gasteiger partial charge in [-0.25, -0.2) is 0 Å². The average Bonchev–Trinajstić information content (AvgIpc) is 2.44. The predicted octanol–water partition coefficient (Wildman–Crippen LogP) is 2.82. The number of benzene rings is 1. The molecule has 0 aliphatic heterocycles. The monoisotopic (exact) mass is 252 g/mol. The smallest absolute Gasteiger partial charge is 0.0467 e. The molecule has 1 unspecified atom stereocenters. The number of aromatic amines is 1. The normalized spacial score (nSPS) is 13.4. The predicted molar refractivity (Wildman–Crippen MR) is 63.4 cm³/mol. The molecule has 0 saturated carbocycles. The summed E-state index contributed by atoms with van der Waals surface area (Å²) >= 11 is 3.45. The van der Waals surface area contributed by atoms with Crippen LogP contribution in [0.25, 0.3) is 10.9 Å². The highest BCUT2D eigenvalue weighted by Crippen LogP contribution is 2.20. The summed E-state index contributed by atoms with van der Waals surface area (Å²) in [5.41, 5.74) is 8.11. The van der Waals surface area contributed by atoms with Gasteiger partial charge in [0.1, 0.15) is 0 Å². The van der Waals surface area contributed by atoms with Crippen molar-refractivity contribution in [1.29, 1.82) is 0 Å². The van der Waals surface area contributed by atoms with Crippen LogP contribution in [0.4, 0.5) is 0 Å². The molecule has 74 valence electrons. The molecule has 3 heteroatoms. The quantitative estimate of drug-likeness (QED) is 0.849. The van der Waals surface area contributed by atoms with Gasteiger partial charge in [0.25, 0.3) is 0 Å². The largest absolute Gasteiger partial charge is 0.358 e. The summed E-state index contributed by atoms with van der Waals surface area (Å²) in [6.45, 7) is 2.02. The molecule has 0 fully saturated rings. The molecule has 1 atom stereocenters. The van der Waals surface area contributed by atoms with E-state index in [2.05, 4.69) is 39.1 Å². The first-order valence-corrected chi connectivity index (χ1v) is 5.47. The maximum Gasteiger partial charge on any atom is 0.0467 e. The van der Waals surface area contributed by atoms with Crippen LogP contribution < -0.4 is 5.73 Å². The first-order valence-electron chi connectivity index (χ1n) is 4.68. The minimum Gasteiger partial charge on any atom is -0.358 e. The van der Waals surface area contributed by atoms with Gasteiger partial charge in [0.15, 0.2) is 0 Å². The lowest BCUT2D eigenvalue weighted by Gasteiger charge is -2.00. The van der Waals surface area contributed by atoms with Gasteiger partial charge in [-0.3, -0.25) is 0 Å². The molecule has 2 aromatic rings. The number of hydrogen-bond acceptors (Lipinski definition) is 1. The maximum absolute atomic E-state index is 5.75. The lowest BCUT2D eigenvalue weighted by molar-refractivity contribution is 0.727. The summed E-state index contributed by atoms with van der Waals surface area (Å²) in [5.74, 6) is 0. The Balaban J connectivity index is 2.41. The third-order valence-corrected chi connectivity index (χ3v) is 2.68. The van der Waals surface area contributed by atoms with Crippen molar-refractivity contribution in [1.82, 2.24) is 4.98 Å². The Labute approximate surface area is 91.6 Å². The number of halogens is 1. The first kappa shape index (κ1) is 9.74. The number of rotatable bonds is 2. The highest BCUT2D eigenvalue weighted by molar-refractivity contribution is 9.10. The number of nitrogens with two attached hydrogens (primary N) is 1. The molecule has 14 heavy (non-hydrogen) atoms. The summed E-state index contributed by atoms with van der Waals surface area (Å²) in [4.78, 5) is 3.36. The molecule has 2 rings (SSSR count). The van der Waals surface area contributed by atoms with Crippen molar-refractivity contribution < 1.29 is 0 Å². The van der Waals surface area contributed by atoms with Gasteiger partial charge in [-0.1, -0.05) is 22.0 Å². The van der Waals surface area contributed by atoms with Crippen LogP contribution in [0.3, 0.4) is 0 Å². The first-order chi connectivity index (χ1) is 6.65. The SMILES string of the molecule is CC(N)Cc1cc2ccc(Br)cc2[nH]1. The van der Waals surface area contributed by atoms with E-state index in [1.807, 2.05) is 13.0 Å². The molecule has 0 saturated heterocycles. The van der Waals surface area contributed by atoms with Gasteiger partial charge in [0.05, 0.1) is 0 Å². The van der Waals surface area contributed by atoms with Crippen molar-refractivity contribution in [2.24, 2.45) is 5.73 Å². The molecular weight excluding hydrogens is 240 g/mol. The fourth-order valence-electron chi connectivity index (χ4n) is 1.62. The fourth-order valence-corrected chi connectivity index (χ4v) is 1.98. The molecule has 3 N–H and O–H groups in total. The van der Waals surface area contributed by atoms with E-state index in [9.17, 15) is 0 Å². The fraction of sp³-hybridized carbons (Fsp3) is 0.273. The average molecular weight is 253 g/mol. The van der Waals surface area contributed by atoms with Crippen LogP contribution in [0.2, 0.25) is 0 Å². The molecule has 2 nitrogen and oxygen atoms in total. The lowest BCUT2D eigenvalue weighted by Crippen LogP contribution is -2.17. The molecule has 0 aliphatic carbocycles. The number of aromatic nitrogens is 1. The van der Waals surface area contributed by atoms with E-state index in [4.69, 9.17) is 5.73 Å². The molecule has 1 aromatic heterocycles.